The van der Waals surface area contributed by atoms with Gasteiger partial charge in [0.2, 0.25) is 5.91 Å². The molecule has 6 heteroatoms. The first-order chi connectivity index (χ1) is 12.4. The van der Waals surface area contributed by atoms with Crippen LogP contribution in [0.4, 0.5) is 5.00 Å². The van der Waals surface area contributed by atoms with Crippen molar-refractivity contribution in [3.8, 4) is 0 Å². The molecule has 0 atom stereocenters. The van der Waals surface area contributed by atoms with E-state index >= 15 is 0 Å². The minimum Gasteiger partial charge on any atom is -0.462 e. The maximum Gasteiger partial charge on any atom is 0.341 e. The van der Waals surface area contributed by atoms with Gasteiger partial charge in [-0.05, 0) is 24.5 Å². The summed E-state index contributed by atoms with van der Waals surface area (Å²) in [5.74, 6) is 0.392. The average Bonchev–Trinajstić information content (AvgIpc) is 2.91. The van der Waals surface area contributed by atoms with Gasteiger partial charge in [0.25, 0.3) is 0 Å². The minimum atomic E-state index is -0.345. The molecule has 1 aliphatic rings. The van der Waals surface area contributed by atoms with Crippen LogP contribution in [0.3, 0.4) is 0 Å². The molecule has 1 N–H and O–H groups in total. The van der Waals surface area contributed by atoms with Crippen LogP contribution in [0.2, 0.25) is 0 Å². The van der Waals surface area contributed by atoms with Crippen LogP contribution in [0.25, 0.3) is 0 Å². The van der Waals surface area contributed by atoms with Crippen molar-refractivity contribution >= 4 is 40.0 Å². The second kappa shape index (κ2) is 7.84. The van der Waals surface area contributed by atoms with Crippen molar-refractivity contribution in [2.45, 2.75) is 44.1 Å². The van der Waals surface area contributed by atoms with Crippen molar-refractivity contribution in [1.82, 2.24) is 0 Å². The number of ether oxygens (including phenoxy) is 1. The molecule has 4 nitrogen and oxygen atoms in total. The summed E-state index contributed by atoms with van der Waals surface area (Å²) in [7, 11) is 0. The van der Waals surface area contributed by atoms with E-state index in [0.29, 0.717) is 17.2 Å². The molecule has 0 saturated carbocycles. The summed E-state index contributed by atoms with van der Waals surface area (Å²) in [6.45, 7) is 6.48. The highest BCUT2D eigenvalue weighted by Crippen LogP contribution is 2.46. The molecule has 1 aromatic carbocycles. The Morgan fingerprint density at radius 1 is 1.23 bits per heavy atom. The maximum atomic E-state index is 12.6. The second-order valence-electron chi connectivity index (χ2n) is 6.86. The normalized spacial score (nSPS) is 15.2. The molecule has 26 heavy (non-hydrogen) atoms. The van der Waals surface area contributed by atoms with Crippen LogP contribution in [0.1, 0.15) is 47.1 Å². The third kappa shape index (κ3) is 4.30. The van der Waals surface area contributed by atoms with Crippen molar-refractivity contribution in [2.24, 2.45) is 0 Å². The third-order valence-corrected chi connectivity index (χ3v) is 6.92. The van der Waals surface area contributed by atoms with Crippen LogP contribution in [0.15, 0.2) is 30.3 Å². The Balaban J connectivity index is 1.87. The number of hydrogen-bond acceptors (Lipinski definition) is 5. The van der Waals surface area contributed by atoms with Gasteiger partial charge >= 0.3 is 5.97 Å². The van der Waals surface area contributed by atoms with E-state index in [0.717, 1.165) is 28.2 Å². The number of esters is 1. The predicted molar refractivity (Wildman–Crippen MR) is 108 cm³/mol. The number of hydrogen-bond donors (Lipinski definition) is 1. The van der Waals surface area contributed by atoms with E-state index in [1.807, 2.05) is 42.1 Å². The number of nitrogens with one attached hydrogen (secondary N) is 1. The van der Waals surface area contributed by atoms with Gasteiger partial charge in [0.1, 0.15) is 5.00 Å². The van der Waals surface area contributed by atoms with Gasteiger partial charge in [-0.25, -0.2) is 4.79 Å². The van der Waals surface area contributed by atoms with Crippen LogP contribution in [0.5, 0.6) is 0 Å². The number of fused-ring (bicyclic) bond motifs is 1. The molecule has 0 bridgehead atoms. The average molecular weight is 390 g/mol. The van der Waals surface area contributed by atoms with Gasteiger partial charge in [-0.15, -0.1) is 23.1 Å². The van der Waals surface area contributed by atoms with Crippen molar-refractivity contribution < 1.29 is 14.3 Å². The van der Waals surface area contributed by atoms with E-state index in [1.165, 1.54) is 11.3 Å². The molecule has 2 aromatic rings. The molecular formula is C20H23NO3S2. The number of thiophene rings is 1. The molecule has 1 aromatic heterocycles. The van der Waals surface area contributed by atoms with Crippen molar-refractivity contribution in [3.63, 3.8) is 0 Å². The molecule has 0 unspecified atom stereocenters. The summed E-state index contributed by atoms with van der Waals surface area (Å²) < 4.78 is 5.34. The second-order valence-corrected chi connectivity index (χ2v) is 9.65. The molecule has 0 spiro atoms. The van der Waals surface area contributed by atoms with Crippen LogP contribution in [-0.2, 0) is 28.1 Å². The smallest absolute Gasteiger partial charge is 0.341 e. The highest BCUT2D eigenvalue weighted by molar-refractivity contribution is 8.00. The molecule has 0 aliphatic carbocycles. The van der Waals surface area contributed by atoms with E-state index in [9.17, 15) is 9.59 Å². The number of rotatable bonds is 5. The third-order valence-electron chi connectivity index (χ3n) is 4.23. The van der Waals surface area contributed by atoms with Gasteiger partial charge in [-0.3, -0.25) is 4.79 Å². The number of amides is 1. The first kappa shape index (κ1) is 19.0. The Bertz CT molecular complexity index is 812. The first-order valence-electron chi connectivity index (χ1n) is 8.69. The lowest BCUT2D eigenvalue weighted by molar-refractivity contribution is -0.115. The summed E-state index contributed by atoms with van der Waals surface area (Å²) >= 11 is 3.38. The zero-order valence-corrected chi connectivity index (χ0v) is 16.9. The zero-order chi connectivity index (χ0) is 18.7. The molecule has 1 aliphatic heterocycles. The summed E-state index contributed by atoms with van der Waals surface area (Å²) in [6, 6.07) is 9.59. The van der Waals surface area contributed by atoms with E-state index in [2.05, 4.69) is 19.2 Å². The fourth-order valence-electron chi connectivity index (χ4n) is 3.01. The number of carbonyl (C=O) groups is 2. The summed E-state index contributed by atoms with van der Waals surface area (Å²) in [6.07, 6.45) is 1.08. The van der Waals surface area contributed by atoms with Gasteiger partial charge in [-0.1, -0.05) is 44.2 Å². The Morgan fingerprint density at radius 2 is 1.96 bits per heavy atom. The Hall–Kier alpha value is -1.79. The Morgan fingerprint density at radius 3 is 2.65 bits per heavy atom. The monoisotopic (exact) mass is 389 g/mol. The van der Waals surface area contributed by atoms with Crippen LogP contribution >= 0.6 is 23.1 Å². The maximum absolute atomic E-state index is 12.6. The number of anilines is 1. The number of benzene rings is 1. The zero-order valence-electron chi connectivity index (χ0n) is 15.3. The van der Waals surface area contributed by atoms with E-state index in [1.54, 1.807) is 6.92 Å². The Labute approximate surface area is 162 Å². The van der Waals surface area contributed by atoms with Crippen molar-refractivity contribution in [1.29, 1.82) is 0 Å². The summed E-state index contributed by atoms with van der Waals surface area (Å²) in [5.41, 5.74) is 2.52. The fourth-order valence-corrected chi connectivity index (χ4v) is 5.39. The number of thioether (sulfide) groups is 1. The quantitative estimate of drug-likeness (QED) is 0.755. The highest BCUT2D eigenvalue weighted by Gasteiger charge is 2.34. The van der Waals surface area contributed by atoms with Crippen LogP contribution < -0.4 is 5.32 Å². The predicted octanol–water partition coefficient (Wildman–Crippen LogP) is 4.67. The lowest BCUT2D eigenvalue weighted by Gasteiger charge is -2.29. The van der Waals surface area contributed by atoms with Gasteiger partial charge in [0.15, 0.2) is 0 Å². The van der Waals surface area contributed by atoms with Gasteiger partial charge in [0, 0.05) is 15.4 Å². The van der Waals surface area contributed by atoms with E-state index < -0.39 is 0 Å². The summed E-state index contributed by atoms with van der Waals surface area (Å²) in [5, 5.41) is 3.57. The SMILES string of the molecule is CCOC(=O)c1c(NC(=O)Cc2ccccc2)sc2c1CC(C)(C)SC2. The molecule has 1 amide bonds. The van der Waals surface area contributed by atoms with Crippen molar-refractivity contribution in [3.05, 3.63) is 51.9 Å². The molecular weight excluding hydrogens is 366 g/mol. The number of carbonyl (C=O) groups excluding carboxylic acids is 2. The van der Waals surface area contributed by atoms with Crippen LogP contribution in [-0.4, -0.2) is 23.2 Å². The standard InChI is InChI=1S/C20H23NO3S2/c1-4-24-19(23)17-14-11-20(2,3)25-12-15(14)26-18(17)21-16(22)10-13-8-6-5-7-9-13/h5-9H,4,10-12H2,1-3H3,(H,21,22). The fraction of sp³-hybridized carbons (Fsp3) is 0.400. The van der Waals surface area contributed by atoms with Gasteiger partial charge in [-0.2, -0.15) is 0 Å². The van der Waals surface area contributed by atoms with E-state index in [-0.39, 0.29) is 23.0 Å². The van der Waals surface area contributed by atoms with Crippen molar-refractivity contribution in [2.75, 3.05) is 11.9 Å². The molecule has 2 heterocycles. The Kier molecular flexibility index (Phi) is 5.73. The first-order valence-corrected chi connectivity index (χ1v) is 10.5. The lowest BCUT2D eigenvalue weighted by atomic mass is 9.98. The lowest BCUT2D eigenvalue weighted by Crippen LogP contribution is -2.24. The van der Waals surface area contributed by atoms with Gasteiger partial charge in [0.05, 0.1) is 18.6 Å². The largest absolute Gasteiger partial charge is 0.462 e. The molecule has 138 valence electrons. The minimum absolute atomic E-state index is 0.0701. The van der Waals surface area contributed by atoms with E-state index in [4.69, 9.17) is 4.74 Å². The topological polar surface area (TPSA) is 55.4 Å². The van der Waals surface area contributed by atoms with Gasteiger partial charge < -0.3 is 10.1 Å². The summed E-state index contributed by atoms with van der Waals surface area (Å²) in [4.78, 5) is 26.2. The molecule has 0 radical (unpaired) electrons. The highest BCUT2D eigenvalue weighted by atomic mass is 32.2. The molecule has 0 saturated heterocycles. The molecule has 3 rings (SSSR count). The molecule has 0 fully saturated rings. The van der Waals surface area contributed by atoms with Crippen LogP contribution in [0, 0.1) is 0 Å².